The van der Waals surface area contributed by atoms with Gasteiger partial charge < -0.3 is 10.4 Å². The Bertz CT molecular complexity index is 1070. The molecule has 0 aliphatic rings. The van der Waals surface area contributed by atoms with Gasteiger partial charge in [0.2, 0.25) is 0 Å². The Labute approximate surface area is 163 Å². The molecule has 154 valence electrons. The number of anilines is 1. The molecule has 0 saturated carbocycles. The van der Waals surface area contributed by atoms with Crippen LogP contribution in [0.4, 0.5) is 28.9 Å². The van der Waals surface area contributed by atoms with Crippen LogP contribution in [-0.4, -0.2) is 30.8 Å². The lowest BCUT2D eigenvalue weighted by Gasteiger charge is -2.22. The van der Waals surface area contributed by atoms with Gasteiger partial charge in [-0.05, 0) is 43.3 Å². The Hall–Kier alpha value is -2.97. The number of rotatable bonds is 5. The third-order valence-electron chi connectivity index (χ3n) is 3.81. The van der Waals surface area contributed by atoms with E-state index in [0.29, 0.717) is 6.07 Å². The van der Waals surface area contributed by atoms with E-state index in [-0.39, 0.29) is 10.6 Å². The first-order valence-corrected chi connectivity index (χ1v) is 9.52. The molecule has 0 saturated heterocycles. The van der Waals surface area contributed by atoms with Crippen LogP contribution in [-0.2, 0) is 20.8 Å². The highest BCUT2D eigenvalue weighted by Crippen LogP contribution is 2.38. The van der Waals surface area contributed by atoms with Crippen LogP contribution in [0.3, 0.4) is 0 Å². The van der Waals surface area contributed by atoms with E-state index in [1.54, 1.807) is 0 Å². The Morgan fingerprint density at radius 3 is 2.28 bits per heavy atom. The van der Waals surface area contributed by atoms with Gasteiger partial charge in [0.1, 0.15) is 5.82 Å². The molecule has 2 rings (SSSR count). The smallest absolute Gasteiger partial charge is 0.379 e. The number of hydrogen-bond donors (Lipinski definition) is 2. The van der Waals surface area contributed by atoms with E-state index in [9.17, 15) is 35.9 Å². The molecule has 1 unspecified atom stereocenters. The van der Waals surface area contributed by atoms with Crippen LogP contribution >= 0.6 is 0 Å². The van der Waals surface area contributed by atoms with E-state index in [1.807, 2.05) is 5.32 Å². The Morgan fingerprint density at radius 1 is 1.17 bits per heavy atom. The maximum atomic E-state index is 13.0. The van der Waals surface area contributed by atoms with Crippen molar-refractivity contribution in [3.63, 3.8) is 0 Å². The molecule has 0 aliphatic carbocycles. The fourth-order valence-electron chi connectivity index (χ4n) is 2.36. The average Bonchev–Trinajstić information content (AvgIpc) is 2.60. The van der Waals surface area contributed by atoms with E-state index in [4.69, 9.17) is 6.57 Å². The van der Waals surface area contributed by atoms with Crippen molar-refractivity contribution >= 4 is 27.1 Å². The highest BCUT2D eigenvalue weighted by Gasteiger charge is 2.38. The minimum absolute atomic E-state index is 0.340. The van der Waals surface area contributed by atoms with Gasteiger partial charge in [-0.15, -0.1) is 0 Å². The molecule has 1 atom stereocenters. The number of carbonyl (C=O) groups excluding carboxylic acids is 1. The zero-order chi connectivity index (χ0) is 22.0. The fraction of sp³-hybridized carbons (Fsp3) is 0.222. The monoisotopic (exact) mass is 430 g/mol. The largest absolute Gasteiger partial charge is 0.407 e. The van der Waals surface area contributed by atoms with E-state index in [0.717, 1.165) is 43.3 Å². The number of carbonyl (C=O) groups is 1. The summed E-state index contributed by atoms with van der Waals surface area (Å²) in [6.45, 7) is 7.65. The van der Waals surface area contributed by atoms with Crippen molar-refractivity contribution in [3.8, 4) is 0 Å². The van der Waals surface area contributed by atoms with Gasteiger partial charge in [-0.25, -0.2) is 17.7 Å². The predicted molar refractivity (Wildman–Crippen MR) is 95.4 cm³/mol. The van der Waals surface area contributed by atoms with Crippen LogP contribution in [0.25, 0.3) is 4.85 Å². The summed E-state index contributed by atoms with van der Waals surface area (Å²) in [5.74, 6) is -3.05. The first-order valence-electron chi connectivity index (χ1n) is 7.87. The lowest BCUT2D eigenvalue weighted by molar-refractivity contribution is -0.137. The minimum Gasteiger partial charge on any atom is -0.379 e. The summed E-state index contributed by atoms with van der Waals surface area (Å²) in [5, 5.41) is 12.3. The SMILES string of the molecule is [C-]#[N+]c1ccc(NC(=O)C(C)(O)CS(=O)(=O)c2ccc(F)cc2)cc1C(F)(F)F. The van der Waals surface area contributed by atoms with Crippen molar-refractivity contribution in [2.24, 2.45) is 0 Å². The van der Waals surface area contributed by atoms with Crippen molar-refractivity contribution < 1.29 is 35.9 Å². The van der Waals surface area contributed by atoms with Gasteiger partial charge in [0.05, 0.1) is 22.8 Å². The molecule has 2 N–H and O–H groups in total. The quantitative estimate of drug-likeness (QED) is 0.431. The van der Waals surface area contributed by atoms with E-state index < -0.39 is 50.3 Å². The number of benzene rings is 2. The van der Waals surface area contributed by atoms with Crippen LogP contribution in [0, 0.1) is 12.4 Å². The number of amides is 1. The molecule has 11 heteroatoms. The maximum Gasteiger partial charge on any atom is 0.407 e. The molecule has 6 nitrogen and oxygen atoms in total. The molecule has 0 spiro atoms. The molecule has 0 aromatic heterocycles. The predicted octanol–water partition coefficient (Wildman–Crippen LogP) is 3.56. The summed E-state index contributed by atoms with van der Waals surface area (Å²) < 4.78 is 76.7. The Kier molecular flexibility index (Phi) is 6.01. The van der Waals surface area contributed by atoms with Crippen molar-refractivity contribution in [2.75, 3.05) is 11.1 Å². The highest BCUT2D eigenvalue weighted by atomic mass is 32.2. The van der Waals surface area contributed by atoms with Crippen LogP contribution < -0.4 is 5.32 Å². The maximum absolute atomic E-state index is 13.0. The normalized spacial score (nSPS) is 14.0. The molecule has 1 amide bonds. The first kappa shape index (κ1) is 22.3. The number of halogens is 4. The van der Waals surface area contributed by atoms with Crippen LogP contribution in [0.2, 0.25) is 0 Å². The highest BCUT2D eigenvalue weighted by molar-refractivity contribution is 7.91. The number of nitrogens with one attached hydrogen (secondary N) is 1. The Morgan fingerprint density at radius 2 is 1.76 bits per heavy atom. The van der Waals surface area contributed by atoms with Gasteiger partial charge in [0.15, 0.2) is 21.1 Å². The molecule has 0 radical (unpaired) electrons. The van der Waals surface area contributed by atoms with Crippen LogP contribution in [0.15, 0.2) is 47.4 Å². The number of alkyl halides is 3. The summed E-state index contributed by atoms with van der Waals surface area (Å²) >= 11 is 0. The molecule has 2 aromatic rings. The van der Waals surface area contributed by atoms with Gasteiger partial charge in [-0.3, -0.25) is 4.79 Å². The zero-order valence-corrected chi connectivity index (χ0v) is 15.6. The molecular formula is C18H14F4N2O4S. The summed E-state index contributed by atoms with van der Waals surface area (Å²) in [7, 11) is -4.21. The third kappa shape index (κ3) is 5.30. The molecule has 2 aromatic carbocycles. The summed E-state index contributed by atoms with van der Waals surface area (Å²) in [4.78, 5) is 14.7. The Balaban J connectivity index is 2.25. The average molecular weight is 430 g/mol. The summed E-state index contributed by atoms with van der Waals surface area (Å²) in [6, 6.07) is 6.06. The molecule has 0 aliphatic heterocycles. The lowest BCUT2D eigenvalue weighted by atomic mass is 10.1. The third-order valence-corrected chi connectivity index (χ3v) is 5.75. The number of sulfone groups is 1. The van der Waals surface area contributed by atoms with E-state index in [2.05, 4.69) is 4.85 Å². The standard InChI is InChI=1S/C18H14F4N2O4S/c1-17(26,10-29(27,28)13-6-3-11(19)4-7-13)16(25)24-12-5-8-15(23-2)14(9-12)18(20,21)22/h3-9,26H,10H2,1H3,(H,24,25). The van der Waals surface area contributed by atoms with Gasteiger partial charge in [0, 0.05) is 5.69 Å². The van der Waals surface area contributed by atoms with Crippen LogP contribution in [0.1, 0.15) is 12.5 Å². The number of nitrogens with zero attached hydrogens (tertiary/aromatic N) is 1. The molecule has 0 bridgehead atoms. The summed E-state index contributed by atoms with van der Waals surface area (Å²) in [6.07, 6.45) is -4.85. The molecule has 0 heterocycles. The topological polar surface area (TPSA) is 87.8 Å². The first-order chi connectivity index (χ1) is 13.3. The van der Waals surface area contributed by atoms with Gasteiger partial charge in [0.25, 0.3) is 5.91 Å². The van der Waals surface area contributed by atoms with Gasteiger partial charge >= 0.3 is 6.18 Å². The van der Waals surface area contributed by atoms with Crippen molar-refractivity contribution in [3.05, 3.63) is 65.3 Å². The molecule has 29 heavy (non-hydrogen) atoms. The van der Waals surface area contributed by atoms with Crippen molar-refractivity contribution in [1.82, 2.24) is 0 Å². The fourth-order valence-corrected chi connectivity index (χ4v) is 3.95. The summed E-state index contributed by atoms with van der Waals surface area (Å²) in [5.41, 5.74) is -4.86. The number of hydrogen-bond acceptors (Lipinski definition) is 4. The number of aliphatic hydroxyl groups is 1. The van der Waals surface area contributed by atoms with Crippen molar-refractivity contribution in [1.29, 1.82) is 0 Å². The van der Waals surface area contributed by atoms with Gasteiger partial charge in [-0.1, -0.05) is 6.07 Å². The van der Waals surface area contributed by atoms with E-state index >= 15 is 0 Å². The van der Waals surface area contributed by atoms with Crippen molar-refractivity contribution in [2.45, 2.75) is 23.6 Å². The second-order valence-electron chi connectivity index (χ2n) is 6.28. The molecular weight excluding hydrogens is 416 g/mol. The van der Waals surface area contributed by atoms with Crippen LogP contribution in [0.5, 0.6) is 0 Å². The zero-order valence-electron chi connectivity index (χ0n) is 14.8. The second-order valence-corrected chi connectivity index (χ2v) is 8.27. The lowest BCUT2D eigenvalue weighted by Crippen LogP contribution is -2.45. The molecule has 0 fully saturated rings. The van der Waals surface area contributed by atoms with E-state index in [1.165, 1.54) is 0 Å². The second kappa shape index (κ2) is 7.81. The minimum atomic E-state index is -4.85. The van der Waals surface area contributed by atoms with Gasteiger partial charge in [-0.2, -0.15) is 13.2 Å².